The van der Waals surface area contributed by atoms with Gasteiger partial charge in [0.05, 0.1) is 24.2 Å². The molecule has 0 spiro atoms. The van der Waals surface area contributed by atoms with E-state index >= 15 is 0 Å². The minimum Gasteiger partial charge on any atom is -0.352 e. The Bertz CT molecular complexity index is 1210. The van der Waals surface area contributed by atoms with Crippen LogP contribution >= 0.6 is 0 Å². The second kappa shape index (κ2) is 9.74. The van der Waals surface area contributed by atoms with E-state index in [1.807, 2.05) is 36.7 Å². The predicted octanol–water partition coefficient (Wildman–Crippen LogP) is 4.99. The van der Waals surface area contributed by atoms with Crippen LogP contribution in [0.1, 0.15) is 22.3 Å². The molecule has 2 aromatic carbocycles. The van der Waals surface area contributed by atoms with Gasteiger partial charge in [0.25, 0.3) is 0 Å². The Morgan fingerprint density at radius 3 is 1.44 bits per heavy atom. The van der Waals surface area contributed by atoms with Gasteiger partial charge in [-0.3, -0.25) is 9.98 Å². The highest BCUT2D eigenvalue weighted by atomic mass is 16.5. The molecule has 0 amide bonds. The molecule has 8 heteroatoms. The molecule has 2 N–H and O–H groups in total. The molecule has 1 aliphatic heterocycles. The van der Waals surface area contributed by atoms with Gasteiger partial charge in [-0.2, -0.15) is 0 Å². The molecule has 2 aromatic heterocycles. The van der Waals surface area contributed by atoms with Crippen molar-refractivity contribution in [1.82, 2.24) is 10.3 Å². The van der Waals surface area contributed by atoms with Crippen molar-refractivity contribution in [2.75, 3.05) is 36.8 Å². The lowest BCUT2D eigenvalue weighted by molar-refractivity contribution is 0.432. The summed E-state index contributed by atoms with van der Waals surface area (Å²) >= 11 is 0. The average molecular weight is 455 g/mol. The Morgan fingerprint density at radius 1 is 0.618 bits per heavy atom. The summed E-state index contributed by atoms with van der Waals surface area (Å²) in [6.45, 7) is 6.35. The third kappa shape index (κ3) is 4.61. The molecule has 8 nitrogen and oxygen atoms in total. The molecule has 0 saturated carbocycles. The van der Waals surface area contributed by atoms with Crippen LogP contribution in [0.5, 0.6) is 0 Å². The lowest BCUT2D eigenvalue weighted by atomic mass is 10.1. The van der Waals surface area contributed by atoms with Crippen LogP contribution in [0.4, 0.5) is 11.8 Å². The van der Waals surface area contributed by atoms with Gasteiger partial charge in [0.2, 0.25) is 11.8 Å². The SMILES string of the molecule is Cc1ccc(-c2noc3c2C=NCCN=Cc2c(-c4ccc(C)cc4)noc2NCCN3)cc1. The summed E-state index contributed by atoms with van der Waals surface area (Å²) < 4.78 is 11.3. The molecule has 0 unspecified atom stereocenters. The van der Waals surface area contributed by atoms with Gasteiger partial charge < -0.3 is 19.7 Å². The summed E-state index contributed by atoms with van der Waals surface area (Å²) in [6.07, 6.45) is 3.62. The minimum absolute atomic E-state index is 0.530. The molecule has 0 aliphatic carbocycles. The molecule has 3 heterocycles. The summed E-state index contributed by atoms with van der Waals surface area (Å²) in [5, 5.41) is 15.2. The standard InChI is InChI=1S/C26H26N6O2/c1-17-3-7-19(8-4-17)23-21-15-27-11-12-28-16-22-24(20-9-5-18(2)6-10-20)32-34-26(22)30-14-13-29-25(21)33-31-23/h3-10,15-16,29-30H,11-14H2,1-2H3. The minimum atomic E-state index is 0.530. The summed E-state index contributed by atoms with van der Waals surface area (Å²) in [5.74, 6) is 1.17. The van der Waals surface area contributed by atoms with Crippen LogP contribution in [0.25, 0.3) is 22.5 Å². The van der Waals surface area contributed by atoms with Crippen molar-refractivity contribution in [2.24, 2.45) is 9.98 Å². The Labute approximate surface area is 197 Å². The molecule has 0 radical (unpaired) electrons. The van der Waals surface area contributed by atoms with Crippen molar-refractivity contribution < 1.29 is 9.05 Å². The first kappa shape index (κ1) is 21.6. The number of nitrogens with zero attached hydrogens (tertiary/aromatic N) is 4. The van der Waals surface area contributed by atoms with Crippen molar-refractivity contribution in [1.29, 1.82) is 0 Å². The highest BCUT2D eigenvalue weighted by Crippen LogP contribution is 2.29. The van der Waals surface area contributed by atoms with Gasteiger partial charge in [-0.05, 0) is 13.8 Å². The fourth-order valence-corrected chi connectivity index (χ4v) is 3.71. The van der Waals surface area contributed by atoms with Crippen LogP contribution in [-0.4, -0.2) is 48.9 Å². The van der Waals surface area contributed by atoms with Crippen LogP contribution < -0.4 is 10.6 Å². The first-order chi connectivity index (χ1) is 16.7. The summed E-state index contributed by atoms with van der Waals surface area (Å²) in [4.78, 5) is 9.15. The van der Waals surface area contributed by atoms with Gasteiger partial charge in [0.1, 0.15) is 11.4 Å². The number of anilines is 2. The van der Waals surface area contributed by atoms with Gasteiger partial charge in [0, 0.05) is 36.6 Å². The second-order valence-electron chi connectivity index (χ2n) is 8.20. The molecule has 172 valence electrons. The normalized spacial score (nSPS) is 13.9. The monoisotopic (exact) mass is 454 g/mol. The molecule has 4 aromatic rings. The van der Waals surface area contributed by atoms with Crippen LogP contribution in [0.3, 0.4) is 0 Å². The molecular formula is C26H26N6O2. The topological polar surface area (TPSA) is 101 Å². The Hall–Kier alpha value is -4.20. The Balaban J connectivity index is 1.40. The van der Waals surface area contributed by atoms with Gasteiger partial charge in [0.15, 0.2) is 0 Å². The number of rotatable bonds is 2. The fourth-order valence-electron chi connectivity index (χ4n) is 3.71. The van der Waals surface area contributed by atoms with E-state index in [9.17, 15) is 0 Å². The van der Waals surface area contributed by atoms with Crippen molar-refractivity contribution in [3.8, 4) is 22.5 Å². The largest absolute Gasteiger partial charge is 0.352 e. The highest BCUT2D eigenvalue weighted by molar-refractivity contribution is 5.95. The van der Waals surface area contributed by atoms with Crippen molar-refractivity contribution in [3.05, 3.63) is 70.8 Å². The molecule has 0 saturated heterocycles. The second-order valence-corrected chi connectivity index (χ2v) is 8.20. The fraction of sp³-hybridized carbons (Fsp3) is 0.231. The summed E-state index contributed by atoms with van der Waals surface area (Å²) in [6, 6.07) is 16.4. The van der Waals surface area contributed by atoms with Crippen LogP contribution in [0.2, 0.25) is 0 Å². The summed E-state index contributed by atoms with van der Waals surface area (Å²) in [5.41, 5.74) is 7.52. The number of hydrogen-bond acceptors (Lipinski definition) is 8. The number of fused-ring (bicyclic) bond motifs is 2. The third-order valence-corrected chi connectivity index (χ3v) is 5.60. The highest BCUT2D eigenvalue weighted by Gasteiger charge is 2.18. The van der Waals surface area contributed by atoms with E-state index in [0.717, 1.165) is 33.6 Å². The first-order valence-electron chi connectivity index (χ1n) is 11.3. The summed E-state index contributed by atoms with van der Waals surface area (Å²) in [7, 11) is 0. The molecule has 5 rings (SSSR count). The zero-order chi connectivity index (χ0) is 23.3. The van der Waals surface area contributed by atoms with Crippen LogP contribution in [0, 0.1) is 13.8 Å². The van der Waals surface area contributed by atoms with E-state index in [4.69, 9.17) is 9.05 Å². The Morgan fingerprint density at radius 2 is 1.03 bits per heavy atom. The van der Waals surface area contributed by atoms with Crippen LogP contribution in [0.15, 0.2) is 67.6 Å². The quantitative estimate of drug-likeness (QED) is 0.443. The van der Waals surface area contributed by atoms with Gasteiger partial charge in [-0.1, -0.05) is 70.0 Å². The zero-order valence-electron chi connectivity index (χ0n) is 19.2. The van der Waals surface area contributed by atoms with Crippen molar-refractivity contribution >= 4 is 24.2 Å². The number of nitrogens with one attached hydrogen (secondary N) is 2. The molecule has 0 atom stereocenters. The number of aliphatic imine (C=N–C) groups is 2. The van der Waals surface area contributed by atoms with Gasteiger partial charge >= 0.3 is 0 Å². The maximum Gasteiger partial charge on any atom is 0.234 e. The van der Waals surface area contributed by atoms with E-state index in [-0.39, 0.29) is 0 Å². The lowest BCUT2D eigenvalue weighted by Crippen LogP contribution is -2.14. The molecule has 1 aliphatic rings. The predicted molar refractivity (Wildman–Crippen MR) is 135 cm³/mol. The number of benzene rings is 2. The average Bonchev–Trinajstić information content (AvgIpc) is 3.44. The lowest BCUT2D eigenvalue weighted by Gasteiger charge is -2.06. The maximum absolute atomic E-state index is 5.63. The van der Waals surface area contributed by atoms with E-state index in [2.05, 4.69) is 69.0 Å². The molecule has 0 fully saturated rings. The molecule has 0 bridgehead atoms. The third-order valence-electron chi connectivity index (χ3n) is 5.60. The van der Waals surface area contributed by atoms with Crippen molar-refractivity contribution in [3.63, 3.8) is 0 Å². The number of aryl methyl sites for hydroxylation is 2. The zero-order valence-corrected chi connectivity index (χ0v) is 19.2. The number of aromatic nitrogens is 2. The maximum atomic E-state index is 5.63. The van der Waals surface area contributed by atoms with Gasteiger partial charge in [-0.15, -0.1) is 0 Å². The van der Waals surface area contributed by atoms with E-state index in [1.165, 1.54) is 11.1 Å². The molecular weight excluding hydrogens is 428 g/mol. The molecule has 34 heavy (non-hydrogen) atoms. The smallest absolute Gasteiger partial charge is 0.234 e. The van der Waals surface area contributed by atoms with Crippen LogP contribution in [-0.2, 0) is 0 Å². The van der Waals surface area contributed by atoms with E-state index in [1.54, 1.807) is 0 Å². The Kier molecular flexibility index (Phi) is 6.20. The first-order valence-corrected chi connectivity index (χ1v) is 11.3. The van der Waals surface area contributed by atoms with E-state index in [0.29, 0.717) is 37.9 Å². The van der Waals surface area contributed by atoms with E-state index < -0.39 is 0 Å². The number of hydrogen-bond donors (Lipinski definition) is 2. The van der Waals surface area contributed by atoms with Crippen molar-refractivity contribution in [2.45, 2.75) is 13.8 Å². The van der Waals surface area contributed by atoms with Gasteiger partial charge in [-0.25, -0.2) is 0 Å².